The first-order valence-electron chi connectivity index (χ1n) is 6.12. The summed E-state index contributed by atoms with van der Waals surface area (Å²) in [5.74, 6) is -0.456. The lowest BCUT2D eigenvalue weighted by Crippen LogP contribution is -2.42. The second kappa shape index (κ2) is 6.00. The first-order valence-corrected chi connectivity index (χ1v) is 6.12. The minimum absolute atomic E-state index is 0.0389. The molecule has 5 heteroatoms. The minimum atomic E-state index is -0.480. The largest absolute Gasteiger partial charge is 0.346 e. The van der Waals surface area contributed by atoms with E-state index < -0.39 is 5.41 Å². The molecular formula is C12H22N2O3. The highest BCUT2D eigenvalue weighted by Gasteiger charge is 2.22. The van der Waals surface area contributed by atoms with Crippen molar-refractivity contribution in [1.82, 2.24) is 10.8 Å². The Labute approximate surface area is 102 Å². The van der Waals surface area contributed by atoms with Crippen molar-refractivity contribution in [3.63, 3.8) is 0 Å². The zero-order valence-electron chi connectivity index (χ0n) is 10.8. The second-order valence-electron chi connectivity index (χ2n) is 5.48. The normalized spacial score (nSPS) is 16.9. The predicted molar refractivity (Wildman–Crippen MR) is 63.9 cm³/mol. The maximum absolute atomic E-state index is 11.5. The lowest BCUT2D eigenvalue weighted by molar-refractivity contribution is -0.140. The SMILES string of the molecule is CC(C)(C)C(=O)NCC(=O)NOC1CCCC1. The van der Waals surface area contributed by atoms with Gasteiger partial charge in [-0.1, -0.05) is 33.6 Å². The Hall–Kier alpha value is -1.10. The Morgan fingerprint density at radius 1 is 1.24 bits per heavy atom. The topological polar surface area (TPSA) is 67.4 Å². The van der Waals surface area contributed by atoms with Gasteiger partial charge in [-0.05, 0) is 12.8 Å². The van der Waals surface area contributed by atoms with Gasteiger partial charge in [0.25, 0.3) is 5.91 Å². The standard InChI is InChI=1S/C12H22N2O3/c1-12(2,3)11(16)13-8-10(15)14-17-9-6-4-5-7-9/h9H,4-8H2,1-3H3,(H,13,16)(H,14,15). The molecule has 0 atom stereocenters. The fraction of sp³-hybridized carbons (Fsp3) is 0.833. The maximum atomic E-state index is 11.5. The lowest BCUT2D eigenvalue weighted by Gasteiger charge is -2.17. The average Bonchev–Trinajstić information content (AvgIpc) is 2.74. The molecule has 1 aliphatic rings. The van der Waals surface area contributed by atoms with Crippen LogP contribution < -0.4 is 10.8 Å². The van der Waals surface area contributed by atoms with Crippen LogP contribution in [0.3, 0.4) is 0 Å². The van der Waals surface area contributed by atoms with Crippen molar-refractivity contribution >= 4 is 11.8 Å². The van der Waals surface area contributed by atoms with Crippen molar-refractivity contribution in [2.45, 2.75) is 52.6 Å². The van der Waals surface area contributed by atoms with Crippen LogP contribution in [-0.4, -0.2) is 24.5 Å². The molecule has 2 N–H and O–H groups in total. The summed E-state index contributed by atoms with van der Waals surface area (Å²) in [6.45, 7) is 5.36. The maximum Gasteiger partial charge on any atom is 0.262 e. The molecule has 0 radical (unpaired) electrons. The summed E-state index contributed by atoms with van der Waals surface area (Å²) in [4.78, 5) is 28.1. The van der Waals surface area contributed by atoms with E-state index in [1.165, 1.54) is 0 Å². The Morgan fingerprint density at radius 2 is 1.82 bits per heavy atom. The van der Waals surface area contributed by atoms with Crippen LogP contribution in [0.15, 0.2) is 0 Å². The van der Waals surface area contributed by atoms with Gasteiger partial charge in [0.2, 0.25) is 5.91 Å². The molecule has 0 unspecified atom stereocenters. The van der Waals surface area contributed by atoms with E-state index in [9.17, 15) is 9.59 Å². The number of hydroxylamine groups is 1. The molecule has 0 heterocycles. The fourth-order valence-corrected chi connectivity index (χ4v) is 1.62. The fourth-order valence-electron chi connectivity index (χ4n) is 1.62. The summed E-state index contributed by atoms with van der Waals surface area (Å²) >= 11 is 0. The first-order chi connectivity index (χ1) is 7.89. The van der Waals surface area contributed by atoms with Crippen LogP contribution in [0.1, 0.15) is 46.5 Å². The van der Waals surface area contributed by atoms with Crippen molar-refractivity contribution < 1.29 is 14.4 Å². The van der Waals surface area contributed by atoms with Crippen LogP contribution in [0.4, 0.5) is 0 Å². The Morgan fingerprint density at radius 3 is 2.35 bits per heavy atom. The Bertz CT molecular complexity index is 278. The van der Waals surface area contributed by atoms with Gasteiger partial charge in [0.15, 0.2) is 0 Å². The van der Waals surface area contributed by atoms with Gasteiger partial charge in [-0.15, -0.1) is 0 Å². The number of carbonyl (C=O) groups excluding carboxylic acids is 2. The molecule has 0 aromatic rings. The molecular weight excluding hydrogens is 220 g/mol. The summed E-state index contributed by atoms with van der Waals surface area (Å²) in [5, 5.41) is 2.57. The average molecular weight is 242 g/mol. The molecule has 98 valence electrons. The van der Waals surface area contributed by atoms with Gasteiger partial charge in [-0.3, -0.25) is 14.4 Å². The zero-order valence-corrected chi connectivity index (χ0v) is 10.8. The molecule has 5 nitrogen and oxygen atoms in total. The van der Waals surface area contributed by atoms with Crippen LogP contribution in [0.5, 0.6) is 0 Å². The van der Waals surface area contributed by atoms with Crippen LogP contribution >= 0.6 is 0 Å². The third-order valence-electron chi connectivity index (χ3n) is 2.73. The highest BCUT2D eigenvalue weighted by Crippen LogP contribution is 2.19. The molecule has 1 fully saturated rings. The molecule has 0 spiro atoms. The summed E-state index contributed by atoms with van der Waals surface area (Å²) < 4.78 is 0. The van der Waals surface area contributed by atoms with Gasteiger partial charge in [-0.2, -0.15) is 0 Å². The summed E-state index contributed by atoms with van der Waals surface area (Å²) in [6.07, 6.45) is 4.43. The van der Waals surface area contributed by atoms with Crippen molar-refractivity contribution in [3.8, 4) is 0 Å². The number of hydrogen-bond acceptors (Lipinski definition) is 3. The lowest BCUT2D eigenvalue weighted by atomic mass is 9.96. The summed E-state index contributed by atoms with van der Waals surface area (Å²) in [5.41, 5.74) is 1.90. The number of amides is 2. The highest BCUT2D eigenvalue weighted by atomic mass is 16.7. The molecule has 0 saturated heterocycles. The van der Waals surface area contributed by atoms with Crippen molar-refractivity contribution in [2.24, 2.45) is 5.41 Å². The Kier molecular flexibility index (Phi) is 4.93. The summed E-state index contributed by atoms with van der Waals surface area (Å²) in [6, 6.07) is 0. The van der Waals surface area contributed by atoms with Gasteiger partial charge >= 0.3 is 0 Å². The smallest absolute Gasteiger partial charge is 0.262 e. The monoisotopic (exact) mass is 242 g/mol. The van der Waals surface area contributed by atoms with E-state index in [1.54, 1.807) is 20.8 Å². The van der Waals surface area contributed by atoms with Gasteiger partial charge in [0.1, 0.15) is 0 Å². The van der Waals surface area contributed by atoms with E-state index in [4.69, 9.17) is 4.84 Å². The van der Waals surface area contributed by atoms with E-state index in [0.717, 1.165) is 25.7 Å². The molecule has 0 aromatic heterocycles. The van der Waals surface area contributed by atoms with Gasteiger partial charge in [0.05, 0.1) is 12.6 Å². The molecule has 1 saturated carbocycles. The zero-order chi connectivity index (χ0) is 12.9. The molecule has 1 aliphatic carbocycles. The van der Waals surface area contributed by atoms with Crippen molar-refractivity contribution in [2.75, 3.05) is 6.54 Å². The number of nitrogens with one attached hydrogen (secondary N) is 2. The van der Waals surface area contributed by atoms with Crippen molar-refractivity contribution in [3.05, 3.63) is 0 Å². The van der Waals surface area contributed by atoms with Crippen molar-refractivity contribution in [1.29, 1.82) is 0 Å². The van der Waals surface area contributed by atoms with E-state index >= 15 is 0 Å². The molecule has 0 aromatic carbocycles. The van der Waals surface area contributed by atoms with Crippen LogP contribution in [-0.2, 0) is 14.4 Å². The molecule has 1 rings (SSSR count). The number of hydrogen-bond donors (Lipinski definition) is 2. The molecule has 0 bridgehead atoms. The van der Waals surface area contributed by atoms with E-state index in [2.05, 4.69) is 10.8 Å². The Balaban J connectivity index is 2.14. The third-order valence-corrected chi connectivity index (χ3v) is 2.73. The van der Waals surface area contributed by atoms with Gasteiger partial charge in [-0.25, -0.2) is 5.48 Å². The quantitative estimate of drug-likeness (QED) is 0.726. The number of carbonyl (C=O) groups is 2. The van der Waals surface area contributed by atoms with Crippen LogP contribution in [0.2, 0.25) is 0 Å². The minimum Gasteiger partial charge on any atom is -0.346 e. The van der Waals surface area contributed by atoms with Crippen LogP contribution in [0, 0.1) is 5.41 Å². The molecule has 2 amide bonds. The second-order valence-corrected chi connectivity index (χ2v) is 5.48. The third kappa shape index (κ3) is 5.17. The van der Waals surface area contributed by atoms with E-state index in [0.29, 0.717) is 0 Å². The molecule has 0 aliphatic heterocycles. The highest BCUT2D eigenvalue weighted by molar-refractivity contribution is 5.86. The van der Waals surface area contributed by atoms with Crippen LogP contribution in [0.25, 0.3) is 0 Å². The van der Waals surface area contributed by atoms with E-state index in [-0.39, 0.29) is 24.5 Å². The number of rotatable bonds is 4. The predicted octanol–water partition coefficient (Wildman–Crippen LogP) is 1.14. The van der Waals surface area contributed by atoms with E-state index in [1.807, 2.05) is 0 Å². The van der Waals surface area contributed by atoms with Gasteiger partial charge < -0.3 is 5.32 Å². The van der Waals surface area contributed by atoms with Gasteiger partial charge in [0, 0.05) is 5.41 Å². The summed E-state index contributed by atoms with van der Waals surface area (Å²) in [7, 11) is 0. The molecule has 17 heavy (non-hydrogen) atoms. The first kappa shape index (κ1) is 14.0.